The van der Waals surface area contributed by atoms with Gasteiger partial charge in [0.05, 0.1) is 31.4 Å². The molecule has 4 aromatic rings. The molecule has 0 saturated carbocycles. The minimum Gasteiger partial charge on any atom is -0.503 e. The monoisotopic (exact) mass is 575 g/mol. The summed E-state index contributed by atoms with van der Waals surface area (Å²) in [6, 6.07) is 19.5. The second-order valence-corrected chi connectivity index (χ2v) is 9.60. The predicted octanol–water partition coefficient (Wildman–Crippen LogP) is 5.77. The van der Waals surface area contributed by atoms with Crippen molar-refractivity contribution in [1.82, 2.24) is 4.90 Å². The number of hydrogen-bond donors (Lipinski definition) is 1. The Morgan fingerprint density at radius 1 is 1.03 bits per heavy atom. The summed E-state index contributed by atoms with van der Waals surface area (Å²) in [5, 5.41) is 11.7. The number of fused-ring (bicyclic) bond motifs is 1. The lowest BCUT2D eigenvalue weighted by Gasteiger charge is -2.27. The SMILES string of the molecule is COC(=O)c1ccc(CN2C(=O)C(O)=C(C(=O)c3cc4cc(Br)ccc4o3)C2c2cccc(OC)c2)cc1. The van der Waals surface area contributed by atoms with Crippen molar-refractivity contribution in [3.63, 3.8) is 0 Å². The van der Waals surface area contributed by atoms with Crippen LogP contribution in [0.15, 0.2) is 93.0 Å². The number of aliphatic hydroxyl groups is 1. The molecule has 0 spiro atoms. The molecule has 1 aliphatic rings. The molecule has 0 aliphatic carbocycles. The predicted molar refractivity (Wildman–Crippen MR) is 142 cm³/mol. The van der Waals surface area contributed by atoms with E-state index in [1.54, 1.807) is 66.7 Å². The minimum absolute atomic E-state index is 0.00428. The Hall–Kier alpha value is -4.37. The van der Waals surface area contributed by atoms with Crippen LogP contribution in [0, 0.1) is 0 Å². The topological polar surface area (TPSA) is 106 Å². The smallest absolute Gasteiger partial charge is 0.337 e. The number of aliphatic hydroxyl groups excluding tert-OH is 1. The van der Waals surface area contributed by atoms with Gasteiger partial charge in [-0.3, -0.25) is 9.59 Å². The molecule has 0 bridgehead atoms. The molecular formula is C29H22BrNO7. The van der Waals surface area contributed by atoms with Crippen molar-refractivity contribution in [2.75, 3.05) is 14.2 Å². The standard InChI is InChI=1S/C29H22BrNO7/c1-36-21-5-3-4-18(13-21)25-24(26(32)23-14-19-12-20(30)10-11-22(19)38-23)27(33)28(34)31(25)15-16-6-8-17(9-7-16)29(35)37-2/h3-14,25,33H,15H2,1-2H3. The third-order valence-electron chi connectivity index (χ3n) is 6.39. The fourth-order valence-corrected chi connectivity index (χ4v) is 4.91. The first-order valence-electron chi connectivity index (χ1n) is 11.6. The van der Waals surface area contributed by atoms with E-state index in [9.17, 15) is 19.5 Å². The first-order valence-corrected chi connectivity index (χ1v) is 12.4. The van der Waals surface area contributed by atoms with Crippen LogP contribution in [0.25, 0.3) is 11.0 Å². The molecule has 0 fully saturated rings. The Kier molecular flexibility index (Phi) is 6.77. The molecule has 1 atom stereocenters. The summed E-state index contributed by atoms with van der Waals surface area (Å²) in [4.78, 5) is 40.3. The number of rotatable bonds is 7. The number of carbonyl (C=O) groups excluding carboxylic acids is 3. The summed E-state index contributed by atoms with van der Waals surface area (Å²) in [6.07, 6.45) is 0. The van der Waals surface area contributed by atoms with Crippen LogP contribution >= 0.6 is 15.9 Å². The normalized spacial score (nSPS) is 15.3. The number of amides is 1. The van der Waals surface area contributed by atoms with Crippen molar-refractivity contribution < 1.29 is 33.4 Å². The van der Waals surface area contributed by atoms with Crippen molar-refractivity contribution >= 4 is 44.6 Å². The number of nitrogens with zero attached hydrogens (tertiary/aromatic N) is 1. The first kappa shape index (κ1) is 25.3. The van der Waals surface area contributed by atoms with Crippen LogP contribution in [0.3, 0.4) is 0 Å². The van der Waals surface area contributed by atoms with Gasteiger partial charge in [0.2, 0.25) is 5.78 Å². The van der Waals surface area contributed by atoms with Gasteiger partial charge in [-0.2, -0.15) is 0 Å². The average molecular weight is 576 g/mol. The molecule has 9 heteroatoms. The van der Waals surface area contributed by atoms with E-state index < -0.39 is 29.5 Å². The van der Waals surface area contributed by atoms with Gasteiger partial charge in [-0.15, -0.1) is 0 Å². The van der Waals surface area contributed by atoms with Crippen LogP contribution in [-0.4, -0.2) is 41.9 Å². The maximum absolute atomic E-state index is 13.8. The Bertz CT molecular complexity index is 1600. The number of methoxy groups -OCH3 is 2. The number of carbonyl (C=O) groups is 3. The second kappa shape index (κ2) is 10.2. The third kappa shape index (κ3) is 4.56. The summed E-state index contributed by atoms with van der Waals surface area (Å²) in [7, 11) is 2.82. The Labute approximate surface area is 226 Å². The lowest BCUT2D eigenvalue weighted by molar-refractivity contribution is -0.130. The van der Waals surface area contributed by atoms with Crippen molar-refractivity contribution in [2.45, 2.75) is 12.6 Å². The van der Waals surface area contributed by atoms with E-state index in [2.05, 4.69) is 15.9 Å². The summed E-state index contributed by atoms with van der Waals surface area (Å²) in [5.74, 6) is -1.88. The zero-order chi connectivity index (χ0) is 27.0. The van der Waals surface area contributed by atoms with Crippen LogP contribution in [0.1, 0.15) is 38.1 Å². The van der Waals surface area contributed by atoms with Gasteiger partial charge >= 0.3 is 5.97 Å². The quantitative estimate of drug-likeness (QED) is 0.220. The Balaban J connectivity index is 1.56. The average Bonchev–Trinajstić information content (AvgIpc) is 3.47. The Morgan fingerprint density at radius 2 is 1.79 bits per heavy atom. The van der Waals surface area contributed by atoms with E-state index in [1.165, 1.54) is 19.1 Å². The van der Waals surface area contributed by atoms with Crippen molar-refractivity contribution in [1.29, 1.82) is 0 Å². The minimum atomic E-state index is -0.912. The number of hydrogen-bond acceptors (Lipinski definition) is 7. The molecule has 2 heterocycles. The number of Topliss-reactive ketones (excluding diaryl/α,β-unsaturated/α-hetero) is 1. The first-order chi connectivity index (χ1) is 18.3. The molecule has 1 N–H and O–H groups in total. The van der Waals surface area contributed by atoms with Gasteiger partial charge in [0, 0.05) is 16.4 Å². The van der Waals surface area contributed by atoms with E-state index in [4.69, 9.17) is 13.9 Å². The molecule has 38 heavy (non-hydrogen) atoms. The third-order valence-corrected chi connectivity index (χ3v) is 6.88. The van der Waals surface area contributed by atoms with E-state index in [0.29, 0.717) is 33.4 Å². The summed E-state index contributed by atoms with van der Waals surface area (Å²) >= 11 is 3.41. The van der Waals surface area contributed by atoms with E-state index in [1.807, 2.05) is 6.07 Å². The van der Waals surface area contributed by atoms with Crippen LogP contribution in [0.2, 0.25) is 0 Å². The van der Waals surface area contributed by atoms with E-state index in [0.717, 1.165) is 4.47 Å². The van der Waals surface area contributed by atoms with Gasteiger partial charge in [0.1, 0.15) is 11.3 Å². The van der Waals surface area contributed by atoms with Crippen molar-refractivity contribution in [2.24, 2.45) is 0 Å². The van der Waals surface area contributed by atoms with Crippen LogP contribution in [-0.2, 0) is 16.1 Å². The van der Waals surface area contributed by atoms with Crippen molar-refractivity contribution in [3.8, 4) is 5.75 Å². The van der Waals surface area contributed by atoms with Crippen molar-refractivity contribution in [3.05, 3.63) is 111 Å². The molecule has 1 amide bonds. The highest BCUT2D eigenvalue weighted by molar-refractivity contribution is 9.10. The fourth-order valence-electron chi connectivity index (χ4n) is 4.53. The maximum Gasteiger partial charge on any atom is 0.337 e. The van der Waals surface area contributed by atoms with Gasteiger partial charge in [0.15, 0.2) is 11.5 Å². The van der Waals surface area contributed by atoms with Gasteiger partial charge in [-0.1, -0.05) is 40.2 Å². The maximum atomic E-state index is 13.8. The van der Waals surface area contributed by atoms with E-state index in [-0.39, 0.29) is 17.9 Å². The second-order valence-electron chi connectivity index (χ2n) is 8.68. The fraction of sp³-hybridized carbons (Fsp3) is 0.138. The highest BCUT2D eigenvalue weighted by Gasteiger charge is 2.44. The molecule has 0 saturated heterocycles. The Morgan fingerprint density at radius 3 is 2.50 bits per heavy atom. The molecule has 192 valence electrons. The number of benzene rings is 3. The van der Waals surface area contributed by atoms with Crippen LogP contribution in [0.4, 0.5) is 0 Å². The summed E-state index contributed by atoms with van der Waals surface area (Å²) in [6.45, 7) is 0.0656. The van der Waals surface area contributed by atoms with Gasteiger partial charge in [-0.25, -0.2) is 4.79 Å². The van der Waals surface area contributed by atoms with Gasteiger partial charge in [0.25, 0.3) is 5.91 Å². The molecule has 1 aliphatic heterocycles. The van der Waals surface area contributed by atoms with E-state index >= 15 is 0 Å². The molecule has 3 aromatic carbocycles. The molecule has 1 aromatic heterocycles. The lowest BCUT2D eigenvalue weighted by atomic mass is 9.94. The number of halogens is 1. The number of furan rings is 1. The largest absolute Gasteiger partial charge is 0.503 e. The number of ether oxygens (including phenoxy) is 2. The number of esters is 1. The zero-order valence-electron chi connectivity index (χ0n) is 20.4. The number of ketones is 1. The van der Waals surface area contributed by atoms with Gasteiger partial charge < -0.3 is 23.9 Å². The highest BCUT2D eigenvalue weighted by Crippen LogP contribution is 2.41. The van der Waals surface area contributed by atoms with Crippen LogP contribution < -0.4 is 4.74 Å². The molecule has 8 nitrogen and oxygen atoms in total. The highest BCUT2D eigenvalue weighted by atomic mass is 79.9. The van der Waals surface area contributed by atoms with Gasteiger partial charge in [-0.05, 0) is 59.7 Å². The molecule has 1 unspecified atom stereocenters. The zero-order valence-corrected chi connectivity index (χ0v) is 22.0. The van der Waals surface area contributed by atoms with Crippen LogP contribution in [0.5, 0.6) is 5.75 Å². The summed E-state index contributed by atoms with van der Waals surface area (Å²) < 4.78 is 16.7. The molecule has 0 radical (unpaired) electrons. The molecular weight excluding hydrogens is 554 g/mol. The molecule has 5 rings (SSSR count). The summed E-state index contributed by atoms with van der Waals surface area (Å²) in [5.41, 5.74) is 2.04. The lowest BCUT2D eigenvalue weighted by Crippen LogP contribution is -2.30.